The van der Waals surface area contributed by atoms with E-state index < -0.39 is 27.4 Å². The van der Waals surface area contributed by atoms with Gasteiger partial charge < -0.3 is 14.6 Å². The summed E-state index contributed by atoms with van der Waals surface area (Å²) in [4.78, 5) is 12.8. The molecule has 12 nitrogen and oxygen atoms in total. The van der Waals surface area contributed by atoms with Gasteiger partial charge in [-0.3, -0.25) is 9.29 Å². The first-order chi connectivity index (χ1) is 16.2. The van der Waals surface area contributed by atoms with E-state index in [9.17, 15) is 13.5 Å². The average Bonchev–Trinajstić information content (AvgIpc) is 3.12. The number of rotatable bonds is 8. The maximum atomic E-state index is 13.4. The molecule has 3 atom stereocenters. The van der Waals surface area contributed by atoms with Crippen molar-refractivity contribution in [2.75, 3.05) is 17.9 Å². The standard InChI is InChI=1S/C21H27N7O5S/c1-12(2)33-17(18-23-8-13(3)9-24-18)14(4)34(30,31)27-21-26-25-19-16-6-5-7-22-20(16)32-11-15(10-29)28(19)21/h5-9,12,14-15,17,29H,10-11H2,1-4H3,(H,26,27)/t14-,15+,17-/m0/s1. The monoisotopic (exact) mass is 489 g/mol. The maximum Gasteiger partial charge on any atom is 0.240 e. The van der Waals surface area contributed by atoms with Crippen LogP contribution >= 0.6 is 0 Å². The number of anilines is 1. The summed E-state index contributed by atoms with van der Waals surface area (Å²) >= 11 is 0. The van der Waals surface area contributed by atoms with Gasteiger partial charge in [-0.15, -0.1) is 10.2 Å². The number of aliphatic hydroxyl groups excluding tert-OH is 1. The van der Waals surface area contributed by atoms with Crippen LogP contribution in [0.2, 0.25) is 0 Å². The molecular formula is C21H27N7O5S. The van der Waals surface area contributed by atoms with Crippen molar-refractivity contribution >= 4 is 16.0 Å². The van der Waals surface area contributed by atoms with Gasteiger partial charge in [-0.05, 0) is 45.4 Å². The van der Waals surface area contributed by atoms with E-state index in [2.05, 4.69) is 29.9 Å². The van der Waals surface area contributed by atoms with Crippen LogP contribution in [0.1, 0.15) is 44.3 Å². The van der Waals surface area contributed by atoms with Crippen molar-refractivity contribution in [1.82, 2.24) is 29.7 Å². The normalized spacial score (nSPS) is 17.3. The van der Waals surface area contributed by atoms with E-state index >= 15 is 0 Å². The number of sulfonamides is 1. The summed E-state index contributed by atoms with van der Waals surface area (Å²) < 4.78 is 42.5. The Bertz CT molecular complexity index is 1250. The van der Waals surface area contributed by atoms with Gasteiger partial charge in [-0.1, -0.05) is 0 Å². The van der Waals surface area contributed by atoms with E-state index in [0.29, 0.717) is 17.3 Å². The molecule has 4 rings (SSSR count). The molecule has 0 aliphatic carbocycles. The zero-order valence-corrected chi connectivity index (χ0v) is 20.1. The van der Waals surface area contributed by atoms with Crippen molar-refractivity contribution in [2.24, 2.45) is 0 Å². The lowest BCUT2D eigenvalue weighted by Crippen LogP contribution is -2.35. The molecule has 182 valence electrons. The van der Waals surface area contributed by atoms with Gasteiger partial charge in [-0.25, -0.2) is 23.4 Å². The minimum Gasteiger partial charge on any atom is -0.475 e. The lowest BCUT2D eigenvalue weighted by molar-refractivity contribution is 0.00152. The SMILES string of the molecule is Cc1cnc([C@@H](OC(C)C)[C@H](C)S(=O)(=O)Nc2nnc3n2[C@H](CO)COc2ncccc2-3)nc1. The second-order valence-corrected chi connectivity index (χ2v) is 10.3. The molecule has 1 aliphatic heterocycles. The first-order valence-corrected chi connectivity index (χ1v) is 12.4. The van der Waals surface area contributed by atoms with Crippen molar-refractivity contribution < 1.29 is 23.0 Å². The highest BCUT2D eigenvalue weighted by molar-refractivity contribution is 7.93. The highest BCUT2D eigenvalue weighted by Crippen LogP contribution is 2.35. The Morgan fingerprint density at radius 2 is 1.97 bits per heavy atom. The summed E-state index contributed by atoms with van der Waals surface area (Å²) in [5.74, 6) is 0.881. The number of aromatic nitrogens is 6. The summed E-state index contributed by atoms with van der Waals surface area (Å²) in [6.45, 7) is 6.72. The number of hydrogen-bond donors (Lipinski definition) is 2. The van der Waals surface area contributed by atoms with Crippen LogP contribution < -0.4 is 9.46 Å². The summed E-state index contributed by atoms with van der Waals surface area (Å²) in [6.07, 6.45) is 3.61. The van der Waals surface area contributed by atoms with Crippen LogP contribution in [0.5, 0.6) is 5.88 Å². The molecule has 0 saturated carbocycles. The van der Waals surface area contributed by atoms with Gasteiger partial charge in [-0.2, -0.15) is 0 Å². The Kier molecular flexibility index (Phi) is 6.77. The second kappa shape index (κ2) is 9.60. The Labute approximate surface area is 197 Å². The van der Waals surface area contributed by atoms with Gasteiger partial charge in [0.2, 0.25) is 21.9 Å². The molecule has 2 N–H and O–H groups in total. The molecular weight excluding hydrogens is 462 g/mol. The van der Waals surface area contributed by atoms with Gasteiger partial charge in [0.1, 0.15) is 18.0 Å². The lowest BCUT2D eigenvalue weighted by atomic mass is 10.2. The number of hydrogen-bond acceptors (Lipinski definition) is 10. The molecule has 0 radical (unpaired) electrons. The minimum absolute atomic E-state index is 0.0469. The molecule has 0 spiro atoms. The average molecular weight is 490 g/mol. The zero-order chi connectivity index (χ0) is 24.5. The molecule has 0 aromatic carbocycles. The fourth-order valence-electron chi connectivity index (χ4n) is 3.56. The van der Waals surface area contributed by atoms with Crippen molar-refractivity contribution in [2.45, 2.75) is 51.2 Å². The van der Waals surface area contributed by atoms with E-state index in [-0.39, 0.29) is 31.1 Å². The molecule has 0 bridgehead atoms. The van der Waals surface area contributed by atoms with Crippen molar-refractivity contribution in [1.29, 1.82) is 0 Å². The largest absolute Gasteiger partial charge is 0.475 e. The number of aliphatic hydroxyl groups is 1. The van der Waals surface area contributed by atoms with Gasteiger partial charge in [0.05, 0.1) is 24.3 Å². The van der Waals surface area contributed by atoms with E-state index in [1.54, 1.807) is 30.7 Å². The fraction of sp³-hybridized carbons (Fsp3) is 0.476. The van der Waals surface area contributed by atoms with Crippen LogP contribution in [-0.2, 0) is 14.8 Å². The fourth-order valence-corrected chi connectivity index (χ4v) is 4.65. The first kappa shape index (κ1) is 24.0. The van der Waals surface area contributed by atoms with Crippen molar-refractivity contribution in [3.05, 3.63) is 42.1 Å². The highest BCUT2D eigenvalue weighted by Gasteiger charge is 2.36. The van der Waals surface area contributed by atoms with Gasteiger partial charge in [0, 0.05) is 18.6 Å². The number of nitrogens with zero attached hydrogens (tertiary/aromatic N) is 6. The predicted octanol–water partition coefficient (Wildman–Crippen LogP) is 1.66. The smallest absolute Gasteiger partial charge is 0.240 e. The summed E-state index contributed by atoms with van der Waals surface area (Å²) in [6, 6.07) is 2.82. The van der Waals surface area contributed by atoms with Crippen LogP contribution in [0.25, 0.3) is 11.4 Å². The van der Waals surface area contributed by atoms with E-state index in [0.717, 1.165) is 5.56 Å². The first-order valence-electron chi connectivity index (χ1n) is 10.8. The quantitative estimate of drug-likeness (QED) is 0.477. The molecule has 1 aliphatic rings. The molecule has 3 aromatic rings. The highest BCUT2D eigenvalue weighted by atomic mass is 32.2. The summed E-state index contributed by atoms with van der Waals surface area (Å²) in [7, 11) is -4.06. The van der Waals surface area contributed by atoms with Gasteiger partial charge >= 0.3 is 0 Å². The van der Waals surface area contributed by atoms with Crippen LogP contribution in [0.3, 0.4) is 0 Å². The third kappa shape index (κ3) is 4.72. The van der Waals surface area contributed by atoms with Crippen LogP contribution in [0.15, 0.2) is 30.7 Å². The second-order valence-electron chi connectivity index (χ2n) is 8.30. The van der Waals surface area contributed by atoms with Crippen LogP contribution in [0, 0.1) is 6.92 Å². The topological polar surface area (TPSA) is 154 Å². The molecule has 0 saturated heterocycles. The molecule has 13 heteroatoms. The van der Waals surface area contributed by atoms with Gasteiger partial charge in [0.15, 0.2) is 11.6 Å². The molecule has 0 fully saturated rings. The Morgan fingerprint density at radius 3 is 2.65 bits per heavy atom. The Morgan fingerprint density at radius 1 is 1.24 bits per heavy atom. The molecule has 3 aromatic heterocycles. The van der Waals surface area contributed by atoms with E-state index in [1.807, 2.05) is 20.8 Å². The third-order valence-electron chi connectivity index (χ3n) is 5.32. The molecule has 34 heavy (non-hydrogen) atoms. The van der Waals surface area contributed by atoms with Crippen LogP contribution in [0.4, 0.5) is 5.95 Å². The Hall–Kier alpha value is -3.16. The zero-order valence-electron chi connectivity index (χ0n) is 19.3. The lowest BCUT2D eigenvalue weighted by Gasteiger charge is -2.26. The number of fused-ring (bicyclic) bond motifs is 3. The summed E-state index contributed by atoms with van der Waals surface area (Å²) in [5.41, 5.74) is 1.39. The minimum atomic E-state index is -4.06. The molecule has 0 unspecified atom stereocenters. The van der Waals surface area contributed by atoms with Crippen LogP contribution in [-0.4, -0.2) is 67.8 Å². The number of pyridine rings is 1. The Balaban J connectivity index is 1.69. The molecule has 4 heterocycles. The van der Waals surface area contributed by atoms with E-state index in [4.69, 9.17) is 9.47 Å². The number of ether oxygens (including phenoxy) is 2. The number of nitrogens with one attached hydrogen (secondary N) is 1. The maximum absolute atomic E-state index is 13.4. The third-order valence-corrected chi connectivity index (χ3v) is 7.01. The summed E-state index contributed by atoms with van der Waals surface area (Å²) in [5, 5.41) is 17.1. The number of aryl methyl sites for hydroxylation is 1. The molecule has 0 amide bonds. The van der Waals surface area contributed by atoms with Crippen molar-refractivity contribution in [3.8, 4) is 17.3 Å². The predicted molar refractivity (Wildman–Crippen MR) is 123 cm³/mol. The van der Waals surface area contributed by atoms with Crippen molar-refractivity contribution in [3.63, 3.8) is 0 Å². The van der Waals surface area contributed by atoms with Gasteiger partial charge in [0.25, 0.3) is 0 Å². The van der Waals surface area contributed by atoms with E-state index in [1.165, 1.54) is 11.5 Å².